The van der Waals surface area contributed by atoms with E-state index in [2.05, 4.69) is 0 Å². The molecule has 1 atom stereocenters. The molecule has 17 heavy (non-hydrogen) atoms. The molecule has 1 aromatic rings. The number of nitrogens with two attached hydrogens (primary N) is 1. The number of rotatable bonds is 5. The van der Waals surface area contributed by atoms with Crippen LogP contribution in [0.5, 0.6) is 5.75 Å². The summed E-state index contributed by atoms with van der Waals surface area (Å²) in [5.74, 6) is -0.801. The van der Waals surface area contributed by atoms with Gasteiger partial charge in [0, 0.05) is 11.6 Å². The van der Waals surface area contributed by atoms with Gasteiger partial charge in [-0.25, -0.2) is 17.6 Å². The molecule has 2 nitrogen and oxygen atoms in total. The van der Waals surface area contributed by atoms with Crippen LogP contribution >= 0.6 is 12.4 Å². The molecule has 0 aromatic heterocycles. The molecule has 1 rings (SSSR count). The minimum Gasteiger partial charge on any atom is -0.491 e. The molecule has 98 valence electrons. The Hall–Kier alpha value is -1.01. The molecule has 0 radical (unpaired) electrons. The topological polar surface area (TPSA) is 35.2 Å². The summed E-state index contributed by atoms with van der Waals surface area (Å²) in [6.07, 6.45) is -2.84. The van der Waals surface area contributed by atoms with Crippen molar-refractivity contribution in [3.8, 4) is 5.75 Å². The van der Waals surface area contributed by atoms with E-state index in [1.165, 1.54) is 6.07 Å². The van der Waals surface area contributed by atoms with Crippen LogP contribution in [-0.2, 0) is 0 Å². The van der Waals surface area contributed by atoms with Crippen LogP contribution in [-0.4, -0.2) is 19.7 Å². The van der Waals surface area contributed by atoms with Gasteiger partial charge in [0.2, 0.25) is 0 Å². The maximum atomic E-state index is 13.3. The first kappa shape index (κ1) is 16.0. The third-order valence-corrected chi connectivity index (χ3v) is 1.95. The van der Waals surface area contributed by atoms with Crippen molar-refractivity contribution < 1.29 is 22.3 Å². The second-order valence-electron chi connectivity index (χ2n) is 3.08. The van der Waals surface area contributed by atoms with Crippen LogP contribution in [0.4, 0.5) is 17.6 Å². The summed E-state index contributed by atoms with van der Waals surface area (Å²) in [7, 11) is 0. The lowest BCUT2D eigenvalue weighted by Gasteiger charge is -2.12. The van der Waals surface area contributed by atoms with Gasteiger partial charge < -0.3 is 10.5 Å². The number of alkyl halides is 3. The highest BCUT2D eigenvalue weighted by molar-refractivity contribution is 5.85. The molecule has 0 fully saturated rings. The fourth-order valence-corrected chi connectivity index (χ4v) is 1.16. The van der Waals surface area contributed by atoms with Crippen LogP contribution in [0.1, 0.15) is 11.6 Å². The Kier molecular flexibility index (Phi) is 6.91. The molecule has 1 aromatic carbocycles. The molecule has 0 unspecified atom stereocenters. The molecule has 0 spiro atoms. The van der Waals surface area contributed by atoms with E-state index in [9.17, 15) is 17.6 Å². The quantitative estimate of drug-likeness (QED) is 0.837. The molecule has 0 heterocycles. The Labute approximate surface area is 102 Å². The van der Waals surface area contributed by atoms with Gasteiger partial charge in [0.1, 0.15) is 24.8 Å². The predicted octanol–water partition coefficient (Wildman–Crippen LogP) is 2.86. The molecular weight excluding hydrogens is 262 g/mol. The van der Waals surface area contributed by atoms with Crippen LogP contribution in [0.2, 0.25) is 0 Å². The van der Waals surface area contributed by atoms with Crippen LogP contribution in [0.25, 0.3) is 0 Å². The highest BCUT2D eigenvalue weighted by atomic mass is 35.5. The average molecular weight is 274 g/mol. The summed E-state index contributed by atoms with van der Waals surface area (Å²) in [6, 6.07) is 1.62. The third-order valence-electron chi connectivity index (χ3n) is 1.95. The van der Waals surface area contributed by atoms with Gasteiger partial charge in [-0.05, 0) is 6.07 Å². The second-order valence-corrected chi connectivity index (χ2v) is 3.08. The maximum Gasteiger partial charge on any atom is 0.257 e. The fourth-order valence-electron chi connectivity index (χ4n) is 1.16. The van der Waals surface area contributed by atoms with E-state index < -0.39 is 25.0 Å². The molecule has 0 aliphatic heterocycles. The summed E-state index contributed by atoms with van der Waals surface area (Å²) in [4.78, 5) is 0. The summed E-state index contributed by atoms with van der Waals surface area (Å²) in [5.41, 5.74) is 4.81. The standard InChI is InChI=1S/C10H11F4NO.ClH/c11-3-4-16-6-1-2-7(8(12)5-6)9(15)10(13)14;/h1-2,5,9-10H,3-4,15H2;1H/t9-;/m1./s1. The van der Waals surface area contributed by atoms with E-state index in [-0.39, 0.29) is 30.3 Å². The van der Waals surface area contributed by atoms with Gasteiger partial charge in [-0.15, -0.1) is 12.4 Å². The number of ether oxygens (including phenoxy) is 1. The molecule has 0 bridgehead atoms. The number of hydrogen-bond donors (Lipinski definition) is 1. The van der Waals surface area contributed by atoms with Crippen molar-refractivity contribution in [3.05, 3.63) is 29.6 Å². The zero-order valence-corrected chi connectivity index (χ0v) is 9.52. The first-order chi connectivity index (χ1) is 7.56. The van der Waals surface area contributed by atoms with Crippen molar-refractivity contribution in [3.63, 3.8) is 0 Å². The van der Waals surface area contributed by atoms with Crippen molar-refractivity contribution >= 4 is 12.4 Å². The van der Waals surface area contributed by atoms with E-state index >= 15 is 0 Å². The van der Waals surface area contributed by atoms with Gasteiger partial charge in [0.15, 0.2) is 0 Å². The first-order valence-electron chi connectivity index (χ1n) is 4.58. The normalized spacial score (nSPS) is 12.1. The van der Waals surface area contributed by atoms with Crippen molar-refractivity contribution in [2.75, 3.05) is 13.3 Å². The molecule has 2 N–H and O–H groups in total. The minimum absolute atomic E-state index is 0. The van der Waals surface area contributed by atoms with E-state index in [0.29, 0.717) is 0 Å². The van der Waals surface area contributed by atoms with Crippen LogP contribution in [0.3, 0.4) is 0 Å². The first-order valence-corrected chi connectivity index (χ1v) is 4.58. The Morgan fingerprint density at radius 3 is 2.41 bits per heavy atom. The van der Waals surface area contributed by atoms with Gasteiger partial charge in [-0.1, -0.05) is 6.07 Å². The smallest absolute Gasteiger partial charge is 0.257 e. The molecule has 0 aliphatic carbocycles. The van der Waals surface area contributed by atoms with E-state index in [1.54, 1.807) is 0 Å². The SMILES string of the molecule is Cl.N[C@H](c1ccc(OCCF)cc1F)C(F)F. The number of benzene rings is 1. The van der Waals surface area contributed by atoms with E-state index in [1.807, 2.05) is 0 Å². The van der Waals surface area contributed by atoms with Crippen LogP contribution in [0.15, 0.2) is 18.2 Å². The van der Waals surface area contributed by atoms with Crippen LogP contribution in [0, 0.1) is 5.82 Å². The zero-order chi connectivity index (χ0) is 12.1. The third kappa shape index (κ3) is 4.40. The van der Waals surface area contributed by atoms with Crippen LogP contribution < -0.4 is 10.5 Å². The Morgan fingerprint density at radius 2 is 1.94 bits per heavy atom. The maximum absolute atomic E-state index is 13.3. The Morgan fingerprint density at radius 1 is 1.29 bits per heavy atom. The predicted molar refractivity (Wildman–Crippen MR) is 58.1 cm³/mol. The van der Waals surface area contributed by atoms with Crippen molar-refractivity contribution in [2.45, 2.75) is 12.5 Å². The molecule has 0 aliphatic rings. The molecule has 7 heteroatoms. The van der Waals surface area contributed by atoms with Gasteiger partial charge in [0.05, 0.1) is 6.04 Å². The van der Waals surface area contributed by atoms with E-state index in [0.717, 1.165) is 12.1 Å². The number of halogens is 5. The largest absolute Gasteiger partial charge is 0.491 e. The van der Waals surface area contributed by atoms with Gasteiger partial charge in [-0.2, -0.15) is 0 Å². The summed E-state index contributed by atoms with van der Waals surface area (Å²) in [6.45, 7) is -0.917. The molecule has 0 saturated carbocycles. The summed E-state index contributed by atoms with van der Waals surface area (Å²) < 4.78 is 54.3. The average Bonchev–Trinajstić information content (AvgIpc) is 2.25. The van der Waals surface area contributed by atoms with Gasteiger partial charge in [0.25, 0.3) is 6.43 Å². The monoisotopic (exact) mass is 273 g/mol. The van der Waals surface area contributed by atoms with Crippen molar-refractivity contribution in [2.24, 2.45) is 5.73 Å². The van der Waals surface area contributed by atoms with Crippen molar-refractivity contribution in [1.29, 1.82) is 0 Å². The Balaban J connectivity index is 0.00000256. The second kappa shape index (κ2) is 7.34. The van der Waals surface area contributed by atoms with Crippen molar-refractivity contribution in [1.82, 2.24) is 0 Å². The lowest BCUT2D eigenvalue weighted by Crippen LogP contribution is -2.20. The lowest BCUT2D eigenvalue weighted by molar-refractivity contribution is 0.114. The number of hydrogen-bond acceptors (Lipinski definition) is 2. The zero-order valence-electron chi connectivity index (χ0n) is 8.71. The molecular formula is C10H12ClF4NO. The van der Waals surface area contributed by atoms with Gasteiger partial charge >= 0.3 is 0 Å². The lowest BCUT2D eigenvalue weighted by atomic mass is 10.1. The Bertz CT molecular complexity index is 351. The van der Waals surface area contributed by atoms with E-state index in [4.69, 9.17) is 10.5 Å². The van der Waals surface area contributed by atoms with Gasteiger partial charge in [-0.3, -0.25) is 0 Å². The highest BCUT2D eigenvalue weighted by Gasteiger charge is 2.21. The highest BCUT2D eigenvalue weighted by Crippen LogP contribution is 2.24. The minimum atomic E-state index is -2.84. The molecule has 0 saturated heterocycles. The fraction of sp³-hybridized carbons (Fsp3) is 0.400. The summed E-state index contributed by atoms with van der Waals surface area (Å²) in [5, 5.41) is 0. The molecule has 0 amide bonds. The summed E-state index contributed by atoms with van der Waals surface area (Å²) >= 11 is 0.